The van der Waals surface area contributed by atoms with Crippen LogP contribution in [0.4, 0.5) is 0 Å². The first-order valence-electron chi connectivity index (χ1n) is 4.31. The molecule has 0 saturated heterocycles. The molecule has 1 unspecified atom stereocenters. The molecule has 1 fully saturated rings. The molecule has 1 heterocycles. The van der Waals surface area contributed by atoms with Crippen LogP contribution in [0.25, 0.3) is 0 Å². The lowest BCUT2D eigenvalue weighted by molar-refractivity contribution is 0.483. The monoisotopic (exact) mass is 165 g/mol. The maximum absolute atomic E-state index is 6.23. The van der Waals surface area contributed by atoms with Gasteiger partial charge in [0.2, 0.25) is 0 Å². The molecule has 1 atom stereocenters. The lowest BCUT2D eigenvalue weighted by atomic mass is 9.98. The minimum atomic E-state index is -0.135. The van der Waals surface area contributed by atoms with E-state index in [-0.39, 0.29) is 11.0 Å². The second-order valence-corrected chi connectivity index (χ2v) is 4.42. The van der Waals surface area contributed by atoms with E-state index in [9.17, 15) is 0 Å². The van der Waals surface area contributed by atoms with Crippen molar-refractivity contribution in [2.75, 3.05) is 0 Å². The van der Waals surface area contributed by atoms with Crippen molar-refractivity contribution in [3.8, 4) is 0 Å². The van der Waals surface area contributed by atoms with Gasteiger partial charge in [0.05, 0.1) is 11.8 Å². The molecule has 0 amide bonds. The Morgan fingerprint density at radius 2 is 2.08 bits per heavy atom. The van der Waals surface area contributed by atoms with Crippen molar-refractivity contribution in [1.82, 2.24) is 0 Å². The summed E-state index contributed by atoms with van der Waals surface area (Å²) < 4.78 is 5.24. The van der Waals surface area contributed by atoms with Crippen LogP contribution in [-0.2, 0) is 5.54 Å². The number of furan rings is 1. The molecule has 2 rings (SSSR count). The first kappa shape index (κ1) is 7.87. The highest BCUT2D eigenvalue weighted by Gasteiger charge is 2.60. The highest BCUT2D eigenvalue weighted by molar-refractivity contribution is 5.36. The number of rotatable bonds is 1. The summed E-state index contributed by atoms with van der Waals surface area (Å²) in [6, 6.07) is 1.99. The van der Waals surface area contributed by atoms with Gasteiger partial charge in [0, 0.05) is 5.56 Å². The molecule has 0 aliphatic heterocycles. The maximum Gasteiger partial charge on any atom is 0.105 e. The second-order valence-electron chi connectivity index (χ2n) is 4.42. The van der Waals surface area contributed by atoms with Crippen molar-refractivity contribution in [3.05, 3.63) is 23.7 Å². The third-order valence-electron chi connectivity index (χ3n) is 3.14. The SMILES string of the molecule is Cc1occc1C1(N)CC1(C)C. The van der Waals surface area contributed by atoms with Gasteiger partial charge in [-0.25, -0.2) is 0 Å². The van der Waals surface area contributed by atoms with Crippen LogP contribution in [0.1, 0.15) is 31.6 Å². The van der Waals surface area contributed by atoms with Crippen molar-refractivity contribution in [2.45, 2.75) is 32.7 Å². The first-order chi connectivity index (χ1) is 5.47. The van der Waals surface area contributed by atoms with E-state index in [1.54, 1.807) is 6.26 Å². The van der Waals surface area contributed by atoms with Crippen LogP contribution in [0.3, 0.4) is 0 Å². The second kappa shape index (κ2) is 1.94. The van der Waals surface area contributed by atoms with E-state index in [0.717, 1.165) is 12.2 Å². The fourth-order valence-corrected chi connectivity index (χ4v) is 1.96. The van der Waals surface area contributed by atoms with E-state index < -0.39 is 0 Å². The van der Waals surface area contributed by atoms with Gasteiger partial charge in [0.1, 0.15) is 5.76 Å². The smallest absolute Gasteiger partial charge is 0.105 e. The molecule has 2 N–H and O–H groups in total. The Kier molecular flexibility index (Phi) is 1.27. The van der Waals surface area contributed by atoms with Crippen molar-refractivity contribution >= 4 is 0 Å². The predicted molar refractivity (Wildman–Crippen MR) is 47.7 cm³/mol. The number of hydrogen-bond acceptors (Lipinski definition) is 2. The Morgan fingerprint density at radius 1 is 1.50 bits per heavy atom. The van der Waals surface area contributed by atoms with E-state index in [1.807, 2.05) is 13.0 Å². The molecule has 0 aromatic carbocycles. The summed E-state index contributed by atoms with van der Waals surface area (Å²) >= 11 is 0. The van der Waals surface area contributed by atoms with Gasteiger partial charge in [-0.15, -0.1) is 0 Å². The molecular weight excluding hydrogens is 150 g/mol. The molecule has 0 bridgehead atoms. The first-order valence-corrected chi connectivity index (χ1v) is 4.31. The van der Waals surface area contributed by atoms with Crippen molar-refractivity contribution in [1.29, 1.82) is 0 Å². The zero-order chi connectivity index (χ0) is 8.98. The minimum absolute atomic E-state index is 0.135. The van der Waals surface area contributed by atoms with Crippen molar-refractivity contribution in [3.63, 3.8) is 0 Å². The highest BCUT2D eigenvalue weighted by Crippen LogP contribution is 2.60. The highest BCUT2D eigenvalue weighted by atomic mass is 16.3. The number of nitrogens with two attached hydrogens (primary N) is 1. The molecular formula is C10H15NO. The van der Waals surface area contributed by atoms with Gasteiger partial charge in [0.25, 0.3) is 0 Å². The fraction of sp³-hybridized carbons (Fsp3) is 0.600. The van der Waals surface area contributed by atoms with Gasteiger partial charge in [-0.2, -0.15) is 0 Å². The zero-order valence-electron chi connectivity index (χ0n) is 7.85. The summed E-state index contributed by atoms with van der Waals surface area (Å²) in [7, 11) is 0. The third-order valence-corrected chi connectivity index (χ3v) is 3.14. The molecule has 0 radical (unpaired) electrons. The number of aryl methyl sites for hydroxylation is 1. The molecule has 1 saturated carbocycles. The molecule has 1 aliphatic carbocycles. The summed E-state index contributed by atoms with van der Waals surface area (Å²) in [5.74, 6) is 0.961. The zero-order valence-corrected chi connectivity index (χ0v) is 7.85. The average Bonchev–Trinajstić information content (AvgIpc) is 2.36. The molecule has 12 heavy (non-hydrogen) atoms. The van der Waals surface area contributed by atoms with Gasteiger partial charge in [-0.1, -0.05) is 13.8 Å². The Labute approximate surface area is 72.7 Å². The van der Waals surface area contributed by atoms with Crippen LogP contribution in [-0.4, -0.2) is 0 Å². The van der Waals surface area contributed by atoms with Gasteiger partial charge >= 0.3 is 0 Å². The van der Waals surface area contributed by atoms with Crippen LogP contribution >= 0.6 is 0 Å². The van der Waals surface area contributed by atoms with Gasteiger partial charge in [-0.3, -0.25) is 0 Å². The average molecular weight is 165 g/mol. The van der Waals surface area contributed by atoms with E-state index in [0.29, 0.717) is 0 Å². The van der Waals surface area contributed by atoms with Crippen LogP contribution < -0.4 is 5.73 Å². The van der Waals surface area contributed by atoms with Crippen LogP contribution in [0.5, 0.6) is 0 Å². The Bertz CT molecular complexity index is 313. The lowest BCUT2D eigenvalue weighted by Gasteiger charge is -2.13. The van der Waals surface area contributed by atoms with Crippen molar-refractivity contribution < 1.29 is 4.42 Å². The van der Waals surface area contributed by atoms with Crippen LogP contribution in [0, 0.1) is 12.3 Å². The molecule has 66 valence electrons. The maximum atomic E-state index is 6.23. The minimum Gasteiger partial charge on any atom is -0.469 e. The third kappa shape index (κ3) is 0.787. The van der Waals surface area contributed by atoms with E-state index in [1.165, 1.54) is 5.56 Å². The summed E-state index contributed by atoms with van der Waals surface area (Å²) in [4.78, 5) is 0. The standard InChI is InChI=1S/C10H15NO/c1-7-8(4-5-12-7)10(11)6-9(10,2)3/h4-5H,6,11H2,1-3H3. The van der Waals surface area contributed by atoms with Gasteiger partial charge in [-0.05, 0) is 24.8 Å². The Hall–Kier alpha value is -0.760. The predicted octanol–water partition coefficient (Wildman–Crippen LogP) is 2.17. The lowest BCUT2D eigenvalue weighted by Crippen LogP contribution is -2.25. The molecule has 1 aromatic heterocycles. The molecule has 0 spiro atoms. The molecule has 2 heteroatoms. The summed E-state index contributed by atoms with van der Waals surface area (Å²) in [6.07, 6.45) is 2.77. The van der Waals surface area contributed by atoms with Gasteiger partial charge in [0.15, 0.2) is 0 Å². The number of hydrogen-bond donors (Lipinski definition) is 1. The van der Waals surface area contributed by atoms with Crippen molar-refractivity contribution in [2.24, 2.45) is 11.1 Å². The van der Waals surface area contributed by atoms with Crippen LogP contribution in [0.15, 0.2) is 16.7 Å². The topological polar surface area (TPSA) is 39.2 Å². The van der Waals surface area contributed by atoms with Gasteiger partial charge < -0.3 is 10.2 Å². The Balaban J connectivity index is 2.40. The summed E-state index contributed by atoms with van der Waals surface area (Å²) in [5.41, 5.74) is 7.51. The molecule has 1 aliphatic rings. The van der Waals surface area contributed by atoms with E-state index >= 15 is 0 Å². The van der Waals surface area contributed by atoms with Crippen LogP contribution in [0.2, 0.25) is 0 Å². The van der Waals surface area contributed by atoms with E-state index in [2.05, 4.69) is 13.8 Å². The van der Waals surface area contributed by atoms with E-state index in [4.69, 9.17) is 10.2 Å². The summed E-state index contributed by atoms with van der Waals surface area (Å²) in [5, 5.41) is 0. The normalized spacial score (nSPS) is 32.0. The molecule has 2 nitrogen and oxygen atoms in total. The molecule has 1 aromatic rings. The fourth-order valence-electron chi connectivity index (χ4n) is 1.96. The summed E-state index contributed by atoms with van der Waals surface area (Å²) in [6.45, 7) is 6.36. The quantitative estimate of drug-likeness (QED) is 0.692. The Morgan fingerprint density at radius 3 is 2.42 bits per heavy atom. The largest absolute Gasteiger partial charge is 0.469 e.